The maximum absolute atomic E-state index is 10.2. The molecule has 3 nitrogen and oxygen atoms in total. The van der Waals surface area contributed by atoms with Crippen LogP contribution in [0.3, 0.4) is 0 Å². The van der Waals surface area contributed by atoms with Gasteiger partial charge in [-0.2, -0.15) is 4.21 Å². The Morgan fingerprint density at radius 1 is 1.31 bits per heavy atom. The van der Waals surface area contributed by atoms with E-state index >= 15 is 0 Å². The van der Waals surface area contributed by atoms with Gasteiger partial charge < -0.3 is 0 Å². The fourth-order valence-corrected chi connectivity index (χ4v) is 1.62. The van der Waals surface area contributed by atoms with Gasteiger partial charge in [0.2, 0.25) is 0 Å². The molecule has 0 aromatic heterocycles. The average molecular weight is 241 g/mol. The third-order valence-electron chi connectivity index (χ3n) is 1.25. The van der Waals surface area contributed by atoms with Gasteiger partial charge in [0.15, 0.2) is 0 Å². The molecule has 1 unspecified atom stereocenters. The lowest BCUT2D eigenvalue weighted by Gasteiger charge is -2.01. The molecule has 0 heterocycles. The fourth-order valence-electron chi connectivity index (χ4n) is 0.813. The Balaban J connectivity index is 2.71. The van der Waals surface area contributed by atoms with Crippen LogP contribution in [0.25, 0.3) is 0 Å². The van der Waals surface area contributed by atoms with E-state index in [4.69, 9.17) is 27.8 Å². The largest absolute Gasteiger partial charge is 0.302 e. The van der Waals surface area contributed by atoms with Crippen molar-refractivity contribution < 1.29 is 12.9 Å². The maximum Gasteiger partial charge on any atom is 0.302 e. The number of rotatable bonds is 3. The summed E-state index contributed by atoms with van der Waals surface area (Å²) in [7, 11) is 0. The van der Waals surface area contributed by atoms with Crippen LogP contribution in [-0.2, 0) is 22.2 Å². The van der Waals surface area contributed by atoms with Gasteiger partial charge in [-0.25, -0.2) is 0 Å². The van der Waals surface area contributed by atoms with Gasteiger partial charge in [0.1, 0.15) is 0 Å². The second kappa shape index (κ2) is 4.93. The summed E-state index contributed by atoms with van der Waals surface area (Å²) in [6, 6.07) is 4.79. The van der Waals surface area contributed by atoms with Crippen LogP contribution in [0.4, 0.5) is 0 Å². The molecule has 1 N–H and O–H groups in total. The Morgan fingerprint density at radius 2 is 1.85 bits per heavy atom. The van der Waals surface area contributed by atoms with Crippen molar-refractivity contribution >= 4 is 34.6 Å². The minimum atomic E-state index is -2.27. The third kappa shape index (κ3) is 4.06. The van der Waals surface area contributed by atoms with Crippen LogP contribution in [0, 0.1) is 0 Å². The maximum atomic E-state index is 10.2. The van der Waals surface area contributed by atoms with Crippen LogP contribution in [0.1, 0.15) is 5.56 Å². The van der Waals surface area contributed by atoms with Gasteiger partial charge in [-0.05, 0) is 23.8 Å². The third-order valence-corrected chi connectivity index (χ3v) is 2.00. The summed E-state index contributed by atoms with van der Waals surface area (Å²) < 4.78 is 23.0. The smallest absolute Gasteiger partial charge is 0.284 e. The Hall–Kier alpha value is -0.130. The van der Waals surface area contributed by atoms with E-state index in [2.05, 4.69) is 4.18 Å². The average Bonchev–Trinajstić information content (AvgIpc) is 1.99. The zero-order chi connectivity index (χ0) is 9.84. The van der Waals surface area contributed by atoms with E-state index < -0.39 is 11.4 Å². The highest BCUT2D eigenvalue weighted by molar-refractivity contribution is 7.74. The Morgan fingerprint density at radius 3 is 2.31 bits per heavy atom. The highest BCUT2D eigenvalue weighted by Crippen LogP contribution is 2.19. The molecule has 0 radical (unpaired) electrons. The molecule has 0 aliphatic heterocycles. The van der Waals surface area contributed by atoms with Gasteiger partial charge >= 0.3 is 11.4 Å². The molecule has 0 fully saturated rings. The lowest BCUT2D eigenvalue weighted by Crippen LogP contribution is -1.95. The van der Waals surface area contributed by atoms with Crippen LogP contribution in [0.5, 0.6) is 0 Å². The van der Waals surface area contributed by atoms with E-state index in [0.717, 1.165) is 0 Å². The Bertz CT molecular complexity index is 309. The Kier molecular flexibility index (Phi) is 4.15. The summed E-state index contributed by atoms with van der Waals surface area (Å²) in [5.74, 6) is 0. The van der Waals surface area contributed by atoms with Crippen molar-refractivity contribution in [1.29, 1.82) is 0 Å². The number of hydrogen-bond acceptors (Lipinski definition) is 2. The van der Waals surface area contributed by atoms with E-state index in [-0.39, 0.29) is 6.61 Å². The summed E-state index contributed by atoms with van der Waals surface area (Å²) in [5, 5.41) is 0.935. The van der Waals surface area contributed by atoms with E-state index in [1.807, 2.05) is 0 Å². The van der Waals surface area contributed by atoms with Crippen molar-refractivity contribution in [3.63, 3.8) is 0 Å². The molecule has 13 heavy (non-hydrogen) atoms. The molecule has 0 saturated heterocycles. The van der Waals surface area contributed by atoms with Crippen LogP contribution in [-0.4, -0.2) is 8.76 Å². The van der Waals surface area contributed by atoms with E-state index in [0.29, 0.717) is 15.6 Å². The summed E-state index contributed by atoms with van der Waals surface area (Å²) in [6.45, 7) is 0.00336. The molecule has 0 bridgehead atoms. The number of hydrogen-bond donors (Lipinski definition) is 1. The highest BCUT2D eigenvalue weighted by atomic mass is 35.5. The summed E-state index contributed by atoms with van der Waals surface area (Å²) in [5.41, 5.74) is 0.653. The lowest BCUT2D eigenvalue weighted by molar-refractivity contribution is 0.297. The van der Waals surface area contributed by atoms with Gasteiger partial charge in [0.05, 0.1) is 6.61 Å². The first-order valence-electron chi connectivity index (χ1n) is 3.27. The molecule has 0 saturated carbocycles. The molecule has 0 amide bonds. The van der Waals surface area contributed by atoms with Gasteiger partial charge in [-0.1, -0.05) is 23.2 Å². The first-order valence-corrected chi connectivity index (χ1v) is 5.06. The molecule has 6 heteroatoms. The Labute approximate surface area is 88.1 Å². The molecule has 1 aromatic rings. The van der Waals surface area contributed by atoms with Gasteiger partial charge in [-0.3, -0.25) is 8.74 Å². The standard InChI is InChI=1S/C7H6Cl2O3S/c8-6-1-5(2-7(9)3-6)4-12-13(10)11/h1-3H,4H2,(H,10,11). The monoisotopic (exact) mass is 240 g/mol. The normalized spacial score (nSPS) is 12.8. The molecule has 0 spiro atoms. The van der Waals surface area contributed by atoms with Crippen LogP contribution < -0.4 is 0 Å². The van der Waals surface area contributed by atoms with Crippen LogP contribution in [0.2, 0.25) is 10.0 Å². The van der Waals surface area contributed by atoms with Crippen molar-refractivity contribution in [2.75, 3.05) is 0 Å². The summed E-state index contributed by atoms with van der Waals surface area (Å²) >= 11 is 9.11. The molecule has 0 aliphatic carbocycles. The molecule has 1 atom stereocenters. The second-order valence-corrected chi connectivity index (χ2v) is 3.80. The second-order valence-electron chi connectivity index (χ2n) is 2.26. The molecule has 1 rings (SSSR count). The van der Waals surface area contributed by atoms with E-state index in [9.17, 15) is 4.21 Å². The minimum absolute atomic E-state index is 0.00336. The highest BCUT2D eigenvalue weighted by Gasteiger charge is 2.00. The first kappa shape index (κ1) is 10.9. The van der Waals surface area contributed by atoms with Crippen molar-refractivity contribution in [2.24, 2.45) is 0 Å². The lowest BCUT2D eigenvalue weighted by atomic mass is 10.2. The van der Waals surface area contributed by atoms with Gasteiger partial charge in [0.25, 0.3) is 0 Å². The quantitative estimate of drug-likeness (QED) is 0.827. The predicted octanol–water partition coefficient (Wildman–Crippen LogP) is 2.65. The van der Waals surface area contributed by atoms with Crippen molar-refractivity contribution in [1.82, 2.24) is 0 Å². The van der Waals surface area contributed by atoms with Gasteiger partial charge in [0, 0.05) is 10.0 Å². The van der Waals surface area contributed by atoms with Gasteiger partial charge in [-0.15, -0.1) is 0 Å². The first-order chi connectivity index (χ1) is 6.08. The zero-order valence-corrected chi connectivity index (χ0v) is 8.70. The molecule has 0 aliphatic rings. The topological polar surface area (TPSA) is 46.5 Å². The minimum Gasteiger partial charge on any atom is -0.284 e. The van der Waals surface area contributed by atoms with Crippen molar-refractivity contribution in [2.45, 2.75) is 6.61 Å². The molecule has 72 valence electrons. The SMILES string of the molecule is O=S(O)OCc1cc(Cl)cc(Cl)c1. The fraction of sp³-hybridized carbons (Fsp3) is 0.143. The van der Waals surface area contributed by atoms with E-state index in [1.165, 1.54) is 0 Å². The van der Waals surface area contributed by atoms with Crippen molar-refractivity contribution in [3.05, 3.63) is 33.8 Å². The molecular weight excluding hydrogens is 235 g/mol. The van der Waals surface area contributed by atoms with Crippen LogP contribution >= 0.6 is 23.2 Å². The zero-order valence-electron chi connectivity index (χ0n) is 6.37. The number of benzene rings is 1. The summed E-state index contributed by atoms with van der Waals surface area (Å²) in [4.78, 5) is 0. The molecule has 1 aromatic carbocycles. The van der Waals surface area contributed by atoms with Crippen LogP contribution in [0.15, 0.2) is 18.2 Å². The van der Waals surface area contributed by atoms with E-state index in [1.54, 1.807) is 18.2 Å². The van der Waals surface area contributed by atoms with Crippen molar-refractivity contribution in [3.8, 4) is 0 Å². The predicted molar refractivity (Wildman–Crippen MR) is 52.0 cm³/mol. The molecular formula is C7H6Cl2O3S. The number of halogens is 2. The summed E-state index contributed by atoms with van der Waals surface area (Å²) in [6.07, 6.45) is 0.